The third-order valence-electron chi connectivity index (χ3n) is 4.90. The third-order valence-corrected chi connectivity index (χ3v) is 5.16. The summed E-state index contributed by atoms with van der Waals surface area (Å²) < 4.78 is 0. The summed E-state index contributed by atoms with van der Waals surface area (Å²) in [4.78, 5) is 39.1. The molecule has 2 aromatic carbocycles. The molecular weight excluding hydrogens is 394 g/mol. The first-order valence-electron chi connectivity index (χ1n) is 9.03. The van der Waals surface area contributed by atoms with E-state index in [9.17, 15) is 14.4 Å². The highest BCUT2D eigenvalue weighted by atomic mass is 35.5. The summed E-state index contributed by atoms with van der Waals surface area (Å²) in [6, 6.07) is 10.2. The molecule has 2 atom stereocenters. The topological polar surface area (TPSA) is 94.4 Å². The number of fused-ring (bicyclic) bond motifs is 1. The van der Waals surface area contributed by atoms with Crippen molar-refractivity contribution in [3.63, 3.8) is 0 Å². The second-order valence-corrected chi connectivity index (χ2v) is 7.48. The Morgan fingerprint density at radius 2 is 1.83 bits per heavy atom. The number of carbonyl (C=O) groups excluding carboxylic acids is 3. The molecule has 0 radical (unpaired) electrons. The van der Waals surface area contributed by atoms with Crippen molar-refractivity contribution in [3.8, 4) is 0 Å². The fraction of sp³-hybridized carbons (Fsp3) is 0.250. The number of aryl methyl sites for hydroxylation is 2. The average Bonchev–Trinajstić information content (AvgIpc) is 3.19. The van der Waals surface area contributed by atoms with Crippen molar-refractivity contribution >= 4 is 40.7 Å². The smallest absolute Gasteiger partial charge is 0.263 e. The SMILES string of the molecule is Cc1ccc(NC(=O)CN2N=NC3C(=O)N(c4ccc(Cl)cc4)C(=O)C32)c(C)c1. The molecule has 2 aromatic rings. The van der Waals surface area contributed by atoms with Crippen molar-refractivity contribution in [2.45, 2.75) is 25.9 Å². The van der Waals surface area contributed by atoms with Crippen LogP contribution in [0, 0.1) is 13.8 Å². The van der Waals surface area contributed by atoms with Gasteiger partial charge in [0.15, 0.2) is 12.1 Å². The Kier molecular flexibility index (Phi) is 4.79. The maximum atomic E-state index is 12.9. The summed E-state index contributed by atoms with van der Waals surface area (Å²) in [7, 11) is 0. The van der Waals surface area contributed by atoms with E-state index < -0.39 is 23.9 Å². The normalized spacial score (nSPS) is 20.4. The minimum Gasteiger partial charge on any atom is -0.324 e. The van der Waals surface area contributed by atoms with Gasteiger partial charge in [-0.15, -0.1) is 0 Å². The van der Waals surface area contributed by atoms with Gasteiger partial charge in [-0.25, -0.2) is 4.90 Å². The van der Waals surface area contributed by atoms with Crippen LogP contribution in [0.15, 0.2) is 52.8 Å². The molecule has 9 heteroatoms. The van der Waals surface area contributed by atoms with Crippen LogP contribution in [0.1, 0.15) is 11.1 Å². The van der Waals surface area contributed by atoms with Gasteiger partial charge in [0, 0.05) is 10.7 Å². The minimum absolute atomic E-state index is 0.189. The fourth-order valence-electron chi connectivity index (χ4n) is 3.49. The van der Waals surface area contributed by atoms with Crippen LogP contribution in [-0.4, -0.2) is 41.4 Å². The fourth-order valence-corrected chi connectivity index (χ4v) is 3.62. The van der Waals surface area contributed by atoms with E-state index in [0.29, 0.717) is 16.4 Å². The number of carbonyl (C=O) groups is 3. The van der Waals surface area contributed by atoms with Crippen LogP contribution in [0.4, 0.5) is 11.4 Å². The summed E-state index contributed by atoms with van der Waals surface area (Å²) in [6.07, 6.45) is 0. The van der Waals surface area contributed by atoms with E-state index in [1.165, 1.54) is 5.01 Å². The molecule has 1 fully saturated rings. The van der Waals surface area contributed by atoms with Crippen molar-refractivity contribution in [1.29, 1.82) is 0 Å². The van der Waals surface area contributed by atoms with E-state index in [4.69, 9.17) is 11.6 Å². The van der Waals surface area contributed by atoms with Gasteiger partial charge >= 0.3 is 0 Å². The second-order valence-electron chi connectivity index (χ2n) is 7.05. The van der Waals surface area contributed by atoms with Gasteiger partial charge in [0.25, 0.3) is 11.8 Å². The van der Waals surface area contributed by atoms with Crippen molar-refractivity contribution in [2.24, 2.45) is 10.3 Å². The molecule has 0 aliphatic carbocycles. The van der Waals surface area contributed by atoms with Gasteiger partial charge in [-0.1, -0.05) is 34.5 Å². The first-order valence-corrected chi connectivity index (χ1v) is 9.41. The lowest BCUT2D eigenvalue weighted by Gasteiger charge is -2.20. The monoisotopic (exact) mass is 411 g/mol. The predicted octanol–water partition coefficient (Wildman–Crippen LogP) is 2.89. The van der Waals surface area contributed by atoms with E-state index in [1.54, 1.807) is 24.3 Å². The van der Waals surface area contributed by atoms with Crippen LogP contribution < -0.4 is 10.2 Å². The van der Waals surface area contributed by atoms with Crippen LogP contribution in [0.5, 0.6) is 0 Å². The van der Waals surface area contributed by atoms with E-state index >= 15 is 0 Å². The number of anilines is 2. The maximum absolute atomic E-state index is 12.9. The van der Waals surface area contributed by atoms with Gasteiger partial charge in [-0.05, 0) is 49.7 Å². The van der Waals surface area contributed by atoms with Gasteiger partial charge in [-0.2, -0.15) is 5.11 Å². The molecule has 2 unspecified atom stereocenters. The van der Waals surface area contributed by atoms with Gasteiger partial charge < -0.3 is 5.32 Å². The van der Waals surface area contributed by atoms with Crippen LogP contribution in [0.3, 0.4) is 0 Å². The number of nitrogens with zero attached hydrogens (tertiary/aromatic N) is 4. The number of hydrogen-bond acceptors (Lipinski definition) is 6. The zero-order valence-electron chi connectivity index (χ0n) is 15.8. The Bertz CT molecular complexity index is 1040. The quantitative estimate of drug-likeness (QED) is 0.782. The molecule has 29 heavy (non-hydrogen) atoms. The molecule has 2 heterocycles. The molecule has 3 amide bonds. The maximum Gasteiger partial charge on any atom is 0.263 e. The third kappa shape index (κ3) is 3.47. The number of rotatable bonds is 4. The lowest BCUT2D eigenvalue weighted by molar-refractivity contribution is -0.123. The van der Waals surface area contributed by atoms with E-state index in [1.807, 2.05) is 32.0 Å². The minimum atomic E-state index is -0.952. The molecule has 2 aliphatic heterocycles. The van der Waals surface area contributed by atoms with E-state index in [-0.39, 0.29) is 12.5 Å². The summed E-state index contributed by atoms with van der Waals surface area (Å²) >= 11 is 5.88. The molecule has 2 aliphatic rings. The summed E-state index contributed by atoms with van der Waals surface area (Å²) in [5.74, 6) is -1.28. The number of nitrogens with one attached hydrogen (secondary N) is 1. The standard InChI is InChI=1S/C20H18ClN5O3/c1-11-3-8-15(12(2)9-11)22-16(27)10-25-18-17(23-24-25)19(28)26(20(18)29)14-6-4-13(21)5-7-14/h3-9,17-18H,10H2,1-2H3,(H,22,27). The molecule has 0 spiro atoms. The zero-order valence-corrected chi connectivity index (χ0v) is 16.6. The number of benzene rings is 2. The van der Waals surface area contributed by atoms with Gasteiger partial charge in [0.2, 0.25) is 5.91 Å². The Morgan fingerprint density at radius 1 is 1.10 bits per heavy atom. The largest absolute Gasteiger partial charge is 0.324 e. The van der Waals surface area contributed by atoms with Crippen molar-refractivity contribution < 1.29 is 14.4 Å². The average molecular weight is 412 g/mol. The highest BCUT2D eigenvalue weighted by Gasteiger charge is 2.55. The summed E-state index contributed by atoms with van der Waals surface area (Å²) in [5.41, 5.74) is 3.12. The number of halogens is 1. The van der Waals surface area contributed by atoms with Crippen molar-refractivity contribution in [1.82, 2.24) is 5.01 Å². The van der Waals surface area contributed by atoms with Crippen molar-refractivity contribution in [3.05, 3.63) is 58.6 Å². The molecule has 8 nitrogen and oxygen atoms in total. The van der Waals surface area contributed by atoms with E-state index in [2.05, 4.69) is 15.7 Å². The molecule has 1 N–H and O–H groups in total. The Balaban J connectivity index is 1.49. The van der Waals surface area contributed by atoms with Crippen LogP contribution in [0.25, 0.3) is 0 Å². The van der Waals surface area contributed by atoms with Crippen molar-refractivity contribution in [2.75, 3.05) is 16.8 Å². The Labute approximate surface area is 172 Å². The molecule has 0 bridgehead atoms. The van der Waals surface area contributed by atoms with Crippen LogP contribution in [-0.2, 0) is 14.4 Å². The second kappa shape index (κ2) is 7.29. The molecule has 4 rings (SSSR count). The zero-order chi connectivity index (χ0) is 20.7. The molecular formula is C20H18ClN5O3. The van der Waals surface area contributed by atoms with Gasteiger partial charge in [0.05, 0.1) is 5.69 Å². The molecule has 0 aromatic heterocycles. The highest BCUT2D eigenvalue weighted by Crippen LogP contribution is 2.32. The lowest BCUT2D eigenvalue weighted by Crippen LogP contribution is -2.43. The van der Waals surface area contributed by atoms with Gasteiger partial charge in [0.1, 0.15) is 6.54 Å². The molecule has 0 saturated carbocycles. The number of imide groups is 1. The first kappa shape index (κ1) is 19.1. The highest BCUT2D eigenvalue weighted by molar-refractivity contribution is 6.31. The Morgan fingerprint density at radius 3 is 2.52 bits per heavy atom. The van der Waals surface area contributed by atoms with Crippen LogP contribution >= 0.6 is 11.6 Å². The van der Waals surface area contributed by atoms with E-state index in [0.717, 1.165) is 16.0 Å². The summed E-state index contributed by atoms with van der Waals surface area (Å²) in [5, 5.41) is 12.4. The van der Waals surface area contributed by atoms with Crippen LogP contribution in [0.2, 0.25) is 5.02 Å². The first-order chi connectivity index (χ1) is 13.8. The predicted molar refractivity (Wildman–Crippen MR) is 108 cm³/mol. The summed E-state index contributed by atoms with van der Waals surface area (Å²) in [6.45, 7) is 3.68. The number of hydrogen-bond donors (Lipinski definition) is 1. The molecule has 1 saturated heterocycles. The van der Waals surface area contributed by atoms with Gasteiger partial charge in [-0.3, -0.25) is 19.4 Å². The lowest BCUT2D eigenvalue weighted by atomic mass is 10.1. The Hall–Kier alpha value is -3.26. The molecule has 148 valence electrons. The number of amides is 3.